The average molecular weight is 507 g/mol. The van der Waals surface area contributed by atoms with Crippen LogP contribution in [0.2, 0.25) is 0 Å². The van der Waals surface area contributed by atoms with Crippen LogP contribution in [0.5, 0.6) is 5.75 Å². The van der Waals surface area contributed by atoms with E-state index in [2.05, 4.69) is 70.7 Å². The SMILES string of the molecule is C[C@@H](c1ccc2ccccc2c1)N1[CH]CN(C[C@@H](O)COc2ccc3oc(-c4ccccc4)nc3c2)CC1. The van der Waals surface area contributed by atoms with Gasteiger partial charge in [0, 0.05) is 50.4 Å². The van der Waals surface area contributed by atoms with Gasteiger partial charge in [-0.15, -0.1) is 0 Å². The minimum atomic E-state index is -0.583. The summed E-state index contributed by atoms with van der Waals surface area (Å²) in [6.45, 7) is 7.93. The number of hydrogen-bond donors (Lipinski definition) is 1. The molecule has 2 heterocycles. The number of aliphatic hydroxyl groups excluding tert-OH is 1. The summed E-state index contributed by atoms with van der Waals surface area (Å²) in [5, 5.41) is 13.2. The first-order valence-corrected chi connectivity index (χ1v) is 13.2. The summed E-state index contributed by atoms with van der Waals surface area (Å²) < 4.78 is 11.8. The van der Waals surface area contributed by atoms with E-state index in [0.29, 0.717) is 29.8 Å². The smallest absolute Gasteiger partial charge is 0.227 e. The minimum Gasteiger partial charge on any atom is -0.491 e. The highest BCUT2D eigenvalue weighted by Gasteiger charge is 2.24. The second-order valence-electron chi connectivity index (χ2n) is 9.94. The number of aromatic nitrogens is 1. The van der Waals surface area contributed by atoms with Gasteiger partial charge in [-0.1, -0.05) is 54.6 Å². The molecule has 1 aromatic heterocycles. The van der Waals surface area contributed by atoms with Crippen LogP contribution in [0.1, 0.15) is 18.5 Å². The molecule has 6 nitrogen and oxygen atoms in total. The summed E-state index contributed by atoms with van der Waals surface area (Å²) >= 11 is 0. The molecule has 1 aliphatic heterocycles. The Morgan fingerprint density at radius 1 is 0.921 bits per heavy atom. The molecule has 0 aliphatic carbocycles. The average Bonchev–Trinajstić information content (AvgIpc) is 3.40. The zero-order valence-electron chi connectivity index (χ0n) is 21.5. The Morgan fingerprint density at radius 2 is 1.74 bits per heavy atom. The highest BCUT2D eigenvalue weighted by atomic mass is 16.5. The van der Waals surface area contributed by atoms with Crippen molar-refractivity contribution in [1.82, 2.24) is 14.8 Å². The standard InChI is InChI=1S/C32H32N3O3/c1-23(26-12-11-24-7-5-6-10-27(24)19-26)35-17-15-34(16-18-35)21-28(36)22-37-29-13-14-31-30(20-29)33-32(38-31)25-8-3-2-4-9-25/h2-14,17,19-20,23,28,36H,15-16,18,21-22H2,1H3/t23-,28+/m0/s1. The van der Waals surface area contributed by atoms with E-state index in [4.69, 9.17) is 9.15 Å². The van der Waals surface area contributed by atoms with Gasteiger partial charge in [0.25, 0.3) is 0 Å². The third-order valence-electron chi connectivity index (χ3n) is 7.29. The molecule has 0 spiro atoms. The van der Waals surface area contributed by atoms with E-state index in [1.165, 1.54) is 16.3 Å². The van der Waals surface area contributed by atoms with Crippen LogP contribution in [0.15, 0.2) is 95.4 Å². The Bertz CT molecular complexity index is 1510. The van der Waals surface area contributed by atoms with Crippen molar-refractivity contribution in [2.75, 3.05) is 32.8 Å². The first-order valence-electron chi connectivity index (χ1n) is 13.2. The summed E-state index contributed by atoms with van der Waals surface area (Å²) in [4.78, 5) is 9.27. The first kappa shape index (κ1) is 24.6. The monoisotopic (exact) mass is 506 g/mol. The lowest BCUT2D eigenvalue weighted by molar-refractivity contribution is 0.0509. The molecule has 1 N–H and O–H groups in total. The number of benzene rings is 4. The lowest BCUT2D eigenvalue weighted by Gasteiger charge is -2.38. The Kier molecular flexibility index (Phi) is 7.10. The number of aliphatic hydroxyl groups is 1. The van der Waals surface area contributed by atoms with E-state index in [-0.39, 0.29) is 6.61 Å². The molecule has 4 aromatic carbocycles. The fraction of sp³-hybridized carbons (Fsp3) is 0.250. The Labute approximate surface area is 223 Å². The van der Waals surface area contributed by atoms with Crippen LogP contribution in [0.3, 0.4) is 0 Å². The molecule has 1 radical (unpaired) electrons. The van der Waals surface area contributed by atoms with Crippen molar-refractivity contribution in [3.63, 3.8) is 0 Å². The van der Waals surface area contributed by atoms with E-state index >= 15 is 0 Å². The molecule has 0 saturated carbocycles. The summed E-state index contributed by atoms with van der Waals surface area (Å²) in [5.41, 5.74) is 3.71. The summed E-state index contributed by atoms with van der Waals surface area (Å²) in [6.07, 6.45) is -0.583. The van der Waals surface area contributed by atoms with Crippen molar-refractivity contribution in [2.45, 2.75) is 19.1 Å². The maximum Gasteiger partial charge on any atom is 0.227 e. The molecule has 6 heteroatoms. The van der Waals surface area contributed by atoms with Crippen molar-refractivity contribution in [1.29, 1.82) is 0 Å². The van der Waals surface area contributed by atoms with Gasteiger partial charge in [0.2, 0.25) is 5.89 Å². The number of β-amino-alcohol motifs (C(OH)–C–C–N with tert-alkyl or cyclic N) is 1. The molecule has 193 valence electrons. The van der Waals surface area contributed by atoms with Gasteiger partial charge in [0.1, 0.15) is 24.0 Å². The number of rotatable bonds is 8. The predicted molar refractivity (Wildman–Crippen MR) is 151 cm³/mol. The predicted octanol–water partition coefficient (Wildman–Crippen LogP) is 5.93. The molecule has 0 amide bonds. The van der Waals surface area contributed by atoms with Gasteiger partial charge in [0.15, 0.2) is 5.58 Å². The molecular formula is C32H32N3O3. The zero-order chi connectivity index (χ0) is 25.9. The zero-order valence-corrected chi connectivity index (χ0v) is 21.5. The lowest BCUT2D eigenvalue weighted by atomic mass is 10.0. The summed E-state index contributed by atoms with van der Waals surface area (Å²) in [6, 6.07) is 30.9. The van der Waals surface area contributed by atoms with Gasteiger partial charge in [-0.2, -0.15) is 0 Å². The van der Waals surface area contributed by atoms with Crippen LogP contribution in [0, 0.1) is 6.54 Å². The van der Waals surface area contributed by atoms with Gasteiger partial charge in [-0.25, -0.2) is 4.98 Å². The Morgan fingerprint density at radius 3 is 2.55 bits per heavy atom. The Hall–Kier alpha value is -3.71. The lowest BCUT2D eigenvalue weighted by Crippen LogP contribution is -2.47. The van der Waals surface area contributed by atoms with Crippen LogP contribution in [0.25, 0.3) is 33.3 Å². The third-order valence-corrected chi connectivity index (χ3v) is 7.29. The minimum absolute atomic E-state index is 0.225. The molecular weight excluding hydrogens is 474 g/mol. The normalized spacial score (nSPS) is 16.6. The van der Waals surface area contributed by atoms with Crippen molar-refractivity contribution in [3.8, 4) is 17.2 Å². The highest BCUT2D eigenvalue weighted by molar-refractivity contribution is 5.83. The summed E-state index contributed by atoms with van der Waals surface area (Å²) in [5.74, 6) is 1.26. The van der Waals surface area contributed by atoms with E-state index in [9.17, 15) is 5.11 Å². The van der Waals surface area contributed by atoms with Gasteiger partial charge in [0.05, 0.1) is 0 Å². The van der Waals surface area contributed by atoms with Crippen LogP contribution < -0.4 is 4.74 Å². The molecule has 38 heavy (non-hydrogen) atoms. The van der Waals surface area contributed by atoms with E-state index in [1.54, 1.807) is 0 Å². The fourth-order valence-corrected chi connectivity index (χ4v) is 5.08. The van der Waals surface area contributed by atoms with E-state index in [1.807, 2.05) is 48.5 Å². The molecule has 0 unspecified atom stereocenters. The van der Waals surface area contributed by atoms with Gasteiger partial charge in [-0.3, -0.25) is 9.80 Å². The summed E-state index contributed by atoms with van der Waals surface area (Å²) in [7, 11) is 0. The number of hydrogen-bond acceptors (Lipinski definition) is 6. The van der Waals surface area contributed by atoms with Crippen molar-refractivity contribution < 1.29 is 14.3 Å². The van der Waals surface area contributed by atoms with Crippen molar-refractivity contribution in [2.24, 2.45) is 0 Å². The third kappa shape index (κ3) is 5.43. The van der Waals surface area contributed by atoms with Gasteiger partial charge < -0.3 is 14.3 Å². The molecule has 5 aromatic rings. The van der Waals surface area contributed by atoms with Crippen LogP contribution in [0.4, 0.5) is 0 Å². The van der Waals surface area contributed by atoms with E-state index in [0.717, 1.165) is 30.7 Å². The molecule has 1 saturated heterocycles. The van der Waals surface area contributed by atoms with Crippen molar-refractivity contribution in [3.05, 3.63) is 103 Å². The number of oxazole rings is 1. The second-order valence-corrected chi connectivity index (χ2v) is 9.94. The fourth-order valence-electron chi connectivity index (χ4n) is 5.08. The maximum atomic E-state index is 10.7. The van der Waals surface area contributed by atoms with E-state index < -0.39 is 6.10 Å². The number of fused-ring (bicyclic) bond motifs is 2. The highest BCUT2D eigenvalue weighted by Crippen LogP contribution is 2.28. The molecule has 6 rings (SSSR count). The molecule has 2 atom stereocenters. The quantitative estimate of drug-likeness (QED) is 0.282. The first-order chi connectivity index (χ1) is 18.6. The topological polar surface area (TPSA) is 62.0 Å². The number of ether oxygens (including phenoxy) is 1. The van der Waals surface area contributed by atoms with Gasteiger partial charge >= 0.3 is 0 Å². The van der Waals surface area contributed by atoms with Gasteiger partial charge in [-0.05, 0) is 53.6 Å². The molecule has 1 fully saturated rings. The van der Waals surface area contributed by atoms with Crippen LogP contribution in [-0.2, 0) is 0 Å². The molecule has 1 aliphatic rings. The number of piperazine rings is 1. The largest absolute Gasteiger partial charge is 0.491 e. The second kappa shape index (κ2) is 11.0. The van der Waals surface area contributed by atoms with Crippen molar-refractivity contribution >= 4 is 21.9 Å². The van der Waals surface area contributed by atoms with Crippen LogP contribution >= 0.6 is 0 Å². The maximum absolute atomic E-state index is 10.7. The Balaban J connectivity index is 0.993. The van der Waals surface area contributed by atoms with Crippen LogP contribution in [-0.4, -0.2) is 58.8 Å². The number of nitrogens with zero attached hydrogens (tertiary/aromatic N) is 3. The molecule has 0 bridgehead atoms.